The first-order chi connectivity index (χ1) is 7.27. The smallest absolute Gasteiger partial charge is 0.294 e. The number of carbonyl (C=O) groups is 1. The van der Waals surface area contributed by atoms with E-state index in [2.05, 4.69) is 0 Å². The lowest BCUT2D eigenvalue weighted by molar-refractivity contribution is -0.138. The second-order valence-electron chi connectivity index (χ2n) is 3.75. The van der Waals surface area contributed by atoms with Crippen LogP contribution in [0, 0.1) is 6.92 Å². The molecule has 4 heteroatoms. The van der Waals surface area contributed by atoms with Gasteiger partial charge in [0.1, 0.15) is 0 Å². The van der Waals surface area contributed by atoms with Crippen LogP contribution in [0.15, 0.2) is 12.1 Å². The average molecular weight is 230 g/mol. The van der Waals surface area contributed by atoms with Gasteiger partial charge < -0.3 is 0 Å². The molecule has 0 aliphatic rings. The molecule has 1 rings (SSSR count). The zero-order chi connectivity index (χ0) is 12.5. The molecule has 0 amide bonds. The topological polar surface area (TPSA) is 17.1 Å². The van der Waals surface area contributed by atoms with Gasteiger partial charge in [-0.05, 0) is 31.9 Å². The molecule has 16 heavy (non-hydrogen) atoms. The van der Waals surface area contributed by atoms with E-state index < -0.39 is 17.5 Å². The quantitative estimate of drug-likeness (QED) is 0.706. The van der Waals surface area contributed by atoms with Crippen LogP contribution >= 0.6 is 0 Å². The fourth-order valence-electron chi connectivity index (χ4n) is 1.78. The summed E-state index contributed by atoms with van der Waals surface area (Å²) >= 11 is 0. The van der Waals surface area contributed by atoms with Crippen molar-refractivity contribution in [2.75, 3.05) is 0 Å². The van der Waals surface area contributed by atoms with Crippen molar-refractivity contribution in [3.8, 4) is 0 Å². The fourth-order valence-corrected chi connectivity index (χ4v) is 1.78. The molecule has 0 aliphatic carbocycles. The number of ketones is 1. The summed E-state index contributed by atoms with van der Waals surface area (Å²) in [5, 5.41) is 0. The van der Waals surface area contributed by atoms with Gasteiger partial charge >= 0.3 is 6.18 Å². The van der Waals surface area contributed by atoms with Gasteiger partial charge in [-0.1, -0.05) is 18.6 Å². The Morgan fingerprint density at radius 3 is 2.25 bits per heavy atom. The molecule has 1 nitrogen and oxygen atoms in total. The van der Waals surface area contributed by atoms with Gasteiger partial charge in [0.15, 0.2) is 5.78 Å². The first kappa shape index (κ1) is 12.7. The van der Waals surface area contributed by atoms with E-state index in [1.165, 1.54) is 6.92 Å². The fraction of sp³-hybridized carbons (Fsp3) is 0.417. The van der Waals surface area contributed by atoms with E-state index in [1.807, 2.05) is 0 Å². The van der Waals surface area contributed by atoms with Crippen molar-refractivity contribution >= 4 is 5.78 Å². The van der Waals surface area contributed by atoms with Crippen molar-refractivity contribution in [1.29, 1.82) is 0 Å². The molecule has 0 saturated carbocycles. The molecule has 1 aromatic rings. The van der Waals surface area contributed by atoms with E-state index in [9.17, 15) is 18.0 Å². The molecule has 0 aliphatic heterocycles. The molecule has 0 bridgehead atoms. The van der Waals surface area contributed by atoms with E-state index in [0.717, 1.165) is 6.07 Å². The molecule has 0 spiro atoms. The maximum absolute atomic E-state index is 12.8. The van der Waals surface area contributed by atoms with E-state index in [0.29, 0.717) is 17.5 Å². The molecule has 0 N–H and O–H groups in total. The Morgan fingerprint density at radius 1 is 1.31 bits per heavy atom. The number of alkyl halides is 3. The maximum atomic E-state index is 12.8. The summed E-state index contributed by atoms with van der Waals surface area (Å²) < 4.78 is 38.3. The average Bonchev–Trinajstić information content (AvgIpc) is 2.14. The number of rotatable bonds is 2. The summed E-state index contributed by atoms with van der Waals surface area (Å²) in [6.45, 7) is 4.50. The number of halogens is 3. The molecule has 0 saturated heterocycles. The normalized spacial score (nSPS) is 11.6. The van der Waals surface area contributed by atoms with Crippen molar-refractivity contribution < 1.29 is 18.0 Å². The number of hydrogen-bond donors (Lipinski definition) is 0. The van der Waals surface area contributed by atoms with Crippen LogP contribution in [0.5, 0.6) is 0 Å². The van der Waals surface area contributed by atoms with Crippen LogP contribution in [0.4, 0.5) is 13.2 Å². The Kier molecular flexibility index (Phi) is 3.41. The number of Topliss-reactive ketones (excluding diaryl/α,β-unsaturated/α-hetero) is 1. The van der Waals surface area contributed by atoms with Crippen LogP contribution in [0.3, 0.4) is 0 Å². The summed E-state index contributed by atoms with van der Waals surface area (Å²) in [5.41, 5.74) is -0.0357. The maximum Gasteiger partial charge on any atom is 0.417 e. The van der Waals surface area contributed by atoms with Crippen molar-refractivity contribution in [3.63, 3.8) is 0 Å². The summed E-state index contributed by atoms with van der Waals surface area (Å²) in [4.78, 5) is 11.3. The Balaban J connectivity index is 3.57. The highest BCUT2D eigenvalue weighted by atomic mass is 19.4. The number of aryl methyl sites for hydroxylation is 2. The third kappa shape index (κ3) is 2.43. The van der Waals surface area contributed by atoms with Gasteiger partial charge in [0, 0.05) is 5.56 Å². The number of benzene rings is 1. The predicted molar refractivity (Wildman–Crippen MR) is 55.6 cm³/mol. The second-order valence-corrected chi connectivity index (χ2v) is 3.75. The zero-order valence-corrected chi connectivity index (χ0v) is 9.40. The van der Waals surface area contributed by atoms with Crippen LogP contribution in [-0.2, 0) is 12.6 Å². The van der Waals surface area contributed by atoms with Gasteiger partial charge in [0.25, 0.3) is 0 Å². The predicted octanol–water partition coefficient (Wildman–Crippen LogP) is 3.78. The van der Waals surface area contributed by atoms with Crippen molar-refractivity contribution in [2.45, 2.75) is 33.4 Å². The molecular formula is C12H13F3O. The van der Waals surface area contributed by atoms with Crippen LogP contribution in [-0.4, -0.2) is 5.78 Å². The zero-order valence-electron chi connectivity index (χ0n) is 9.40. The van der Waals surface area contributed by atoms with Crippen LogP contribution in [0.2, 0.25) is 0 Å². The Labute approximate surface area is 92.3 Å². The summed E-state index contributed by atoms with van der Waals surface area (Å²) in [7, 11) is 0. The SMILES string of the molecule is CCc1cc(C)cc(C(F)(F)F)c1C(C)=O. The lowest BCUT2D eigenvalue weighted by Gasteiger charge is -2.15. The van der Waals surface area contributed by atoms with E-state index in [1.54, 1.807) is 19.9 Å². The molecule has 0 atom stereocenters. The van der Waals surface area contributed by atoms with Crippen molar-refractivity contribution in [1.82, 2.24) is 0 Å². The van der Waals surface area contributed by atoms with Gasteiger partial charge in [0.05, 0.1) is 5.56 Å². The standard InChI is InChI=1S/C12H13F3O/c1-4-9-5-7(2)6-10(12(13,14)15)11(9)8(3)16/h5-6H,4H2,1-3H3. The monoisotopic (exact) mass is 230 g/mol. The highest BCUT2D eigenvalue weighted by Crippen LogP contribution is 2.34. The van der Waals surface area contributed by atoms with Crippen molar-refractivity contribution in [3.05, 3.63) is 34.4 Å². The first-order valence-corrected chi connectivity index (χ1v) is 4.99. The Morgan fingerprint density at radius 2 is 1.88 bits per heavy atom. The minimum absolute atomic E-state index is 0.194. The molecule has 88 valence electrons. The van der Waals surface area contributed by atoms with Crippen LogP contribution in [0.1, 0.15) is 40.9 Å². The third-order valence-electron chi connectivity index (χ3n) is 2.40. The first-order valence-electron chi connectivity index (χ1n) is 4.99. The molecule has 0 fully saturated rings. The molecule has 0 unspecified atom stereocenters. The van der Waals surface area contributed by atoms with Crippen LogP contribution in [0.25, 0.3) is 0 Å². The third-order valence-corrected chi connectivity index (χ3v) is 2.40. The van der Waals surface area contributed by atoms with E-state index >= 15 is 0 Å². The molecular weight excluding hydrogens is 217 g/mol. The summed E-state index contributed by atoms with van der Waals surface area (Å²) in [6, 6.07) is 2.65. The lowest BCUT2D eigenvalue weighted by atomic mass is 9.93. The number of hydrogen-bond acceptors (Lipinski definition) is 1. The molecule has 0 radical (unpaired) electrons. The van der Waals surface area contributed by atoms with Gasteiger partial charge in [-0.25, -0.2) is 0 Å². The van der Waals surface area contributed by atoms with Crippen LogP contribution < -0.4 is 0 Å². The van der Waals surface area contributed by atoms with Gasteiger partial charge in [-0.2, -0.15) is 13.2 Å². The minimum atomic E-state index is -4.48. The second kappa shape index (κ2) is 4.28. The van der Waals surface area contributed by atoms with E-state index in [-0.39, 0.29) is 5.56 Å². The number of carbonyl (C=O) groups excluding carboxylic acids is 1. The minimum Gasteiger partial charge on any atom is -0.294 e. The lowest BCUT2D eigenvalue weighted by Crippen LogP contribution is -2.14. The summed E-state index contributed by atoms with van der Waals surface area (Å²) in [5.74, 6) is -0.538. The van der Waals surface area contributed by atoms with Gasteiger partial charge in [-0.15, -0.1) is 0 Å². The Hall–Kier alpha value is -1.32. The van der Waals surface area contributed by atoms with Gasteiger partial charge in [0.2, 0.25) is 0 Å². The molecule has 1 aromatic carbocycles. The van der Waals surface area contributed by atoms with Crippen molar-refractivity contribution in [2.24, 2.45) is 0 Å². The Bertz CT molecular complexity index is 419. The molecule has 0 heterocycles. The highest BCUT2D eigenvalue weighted by Gasteiger charge is 2.35. The highest BCUT2D eigenvalue weighted by molar-refractivity contribution is 5.97. The van der Waals surface area contributed by atoms with Gasteiger partial charge in [-0.3, -0.25) is 4.79 Å². The largest absolute Gasteiger partial charge is 0.417 e. The van der Waals surface area contributed by atoms with E-state index in [4.69, 9.17) is 0 Å². The summed E-state index contributed by atoms with van der Waals surface area (Å²) in [6.07, 6.45) is -4.06. The molecule has 0 aromatic heterocycles.